The zero-order valence-electron chi connectivity index (χ0n) is 12.4. The Labute approximate surface area is 117 Å². The maximum Gasteiger partial charge on any atom is 0.333 e. The van der Waals surface area contributed by atoms with Crippen LogP contribution >= 0.6 is 0 Å². The highest BCUT2D eigenvalue weighted by molar-refractivity contribution is 5.87. The zero-order chi connectivity index (χ0) is 13.7. The molecule has 2 fully saturated rings. The highest BCUT2D eigenvalue weighted by Crippen LogP contribution is 2.42. The Morgan fingerprint density at radius 1 is 1.05 bits per heavy atom. The topological polar surface area (TPSA) is 26.3 Å². The molecule has 2 saturated carbocycles. The van der Waals surface area contributed by atoms with Crippen molar-refractivity contribution in [2.24, 2.45) is 5.92 Å². The third-order valence-electron chi connectivity index (χ3n) is 4.81. The van der Waals surface area contributed by atoms with Crippen molar-refractivity contribution < 1.29 is 9.53 Å². The van der Waals surface area contributed by atoms with Crippen LogP contribution in [0.25, 0.3) is 0 Å². The van der Waals surface area contributed by atoms with Crippen molar-refractivity contribution in [1.82, 2.24) is 0 Å². The fraction of sp³-hybridized carbons (Fsp3) is 0.824. The Morgan fingerprint density at radius 2 is 1.68 bits per heavy atom. The molecule has 0 spiro atoms. The molecule has 0 aromatic carbocycles. The number of hydrogen-bond donors (Lipinski definition) is 0. The monoisotopic (exact) mass is 264 g/mol. The van der Waals surface area contributed by atoms with Gasteiger partial charge >= 0.3 is 5.97 Å². The number of fused-ring (bicyclic) bond motifs is 2. The van der Waals surface area contributed by atoms with Crippen molar-refractivity contribution in [3.05, 3.63) is 12.2 Å². The van der Waals surface area contributed by atoms with E-state index in [1.54, 1.807) is 6.92 Å². The number of carbonyl (C=O) groups is 1. The van der Waals surface area contributed by atoms with Gasteiger partial charge in [0.2, 0.25) is 0 Å². The molecule has 0 aromatic heterocycles. The Balaban J connectivity index is 2.07. The highest BCUT2D eigenvalue weighted by atomic mass is 16.6. The summed E-state index contributed by atoms with van der Waals surface area (Å²) in [6.45, 7) is 5.47. The smallest absolute Gasteiger partial charge is 0.333 e. The minimum Gasteiger partial charge on any atom is -0.456 e. The molecule has 0 aromatic rings. The average molecular weight is 264 g/mol. The van der Waals surface area contributed by atoms with Crippen LogP contribution in [-0.2, 0) is 9.53 Å². The van der Waals surface area contributed by atoms with Crippen molar-refractivity contribution in [2.45, 2.75) is 83.2 Å². The van der Waals surface area contributed by atoms with Crippen molar-refractivity contribution in [1.29, 1.82) is 0 Å². The van der Waals surface area contributed by atoms with Crippen LogP contribution in [0, 0.1) is 5.92 Å². The van der Waals surface area contributed by atoms with E-state index in [1.165, 1.54) is 51.4 Å². The summed E-state index contributed by atoms with van der Waals surface area (Å²) in [7, 11) is 0. The van der Waals surface area contributed by atoms with Gasteiger partial charge in [-0.05, 0) is 44.9 Å². The van der Waals surface area contributed by atoms with E-state index in [9.17, 15) is 4.79 Å². The van der Waals surface area contributed by atoms with Gasteiger partial charge in [0, 0.05) is 5.57 Å². The first kappa shape index (κ1) is 14.6. The summed E-state index contributed by atoms with van der Waals surface area (Å²) >= 11 is 0. The lowest BCUT2D eigenvalue weighted by atomic mass is 9.73. The molecule has 2 heteroatoms. The molecular weight excluding hydrogens is 236 g/mol. The number of ether oxygens (including phenoxy) is 1. The second kappa shape index (κ2) is 6.58. The lowest BCUT2D eigenvalue weighted by Crippen LogP contribution is -2.40. The second-order valence-electron chi connectivity index (χ2n) is 6.62. The van der Waals surface area contributed by atoms with Crippen molar-refractivity contribution in [3.63, 3.8) is 0 Å². The minimum absolute atomic E-state index is 0.170. The van der Waals surface area contributed by atoms with Gasteiger partial charge in [-0.1, -0.05) is 45.1 Å². The second-order valence-corrected chi connectivity index (χ2v) is 6.62. The molecule has 0 radical (unpaired) electrons. The van der Waals surface area contributed by atoms with Crippen LogP contribution in [0.15, 0.2) is 12.2 Å². The van der Waals surface area contributed by atoms with Gasteiger partial charge in [-0.25, -0.2) is 4.79 Å². The molecule has 2 atom stereocenters. The SMILES string of the molecule is C=C(C)C(=O)OC12CCCCCCCC(CCC1)C2. The molecule has 0 aliphatic heterocycles. The van der Waals surface area contributed by atoms with Crippen LogP contribution in [0.2, 0.25) is 0 Å². The molecule has 2 bridgehead atoms. The van der Waals surface area contributed by atoms with Gasteiger partial charge in [0.1, 0.15) is 5.60 Å². The molecule has 0 N–H and O–H groups in total. The number of esters is 1. The summed E-state index contributed by atoms with van der Waals surface area (Å²) in [5.41, 5.74) is 0.365. The summed E-state index contributed by atoms with van der Waals surface area (Å²) in [5.74, 6) is 0.586. The predicted molar refractivity (Wildman–Crippen MR) is 77.9 cm³/mol. The van der Waals surface area contributed by atoms with Gasteiger partial charge in [0.15, 0.2) is 0 Å². The van der Waals surface area contributed by atoms with Crippen LogP contribution in [0.1, 0.15) is 77.6 Å². The molecule has 2 nitrogen and oxygen atoms in total. The van der Waals surface area contributed by atoms with Crippen LogP contribution in [-0.4, -0.2) is 11.6 Å². The van der Waals surface area contributed by atoms with Crippen molar-refractivity contribution >= 4 is 5.97 Å². The largest absolute Gasteiger partial charge is 0.456 e. The molecule has 108 valence electrons. The summed E-state index contributed by atoms with van der Waals surface area (Å²) in [4.78, 5) is 11.9. The zero-order valence-corrected chi connectivity index (χ0v) is 12.4. The quantitative estimate of drug-likeness (QED) is 0.530. The average Bonchev–Trinajstić information content (AvgIpc) is 2.37. The summed E-state index contributed by atoms with van der Waals surface area (Å²) < 4.78 is 5.90. The van der Waals surface area contributed by atoms with Crippen LogP contribution < -0.4 is 0 Å². The first-order valence-electron chi connectivity index (χ1n) is 8.00. The standard InChI is InChI=1S/C17H28O2/c1-14(2)16(18)19-17-11-7-5-3-4-6-9-15(13-17)10-8-12-17/h15H,1,3-13H2,2H3. The molecule has 0 saturated heterocycles. The van der Waals surface area contributed by atoms with Gasteiger partial charge in [0.25, 0.3) is 0 Å². The lowest BCUT2D eigenvalue weighted by Gasteiger charge is -2.41. The summed E-state index contributed by atoms with van der Waals surface area (Å²) in [6, 6.07) is 0. The fourth-order valence-corrected chi connectivity index (χ4v) is 3.75. The lowest BCUT2D eigenvalue weighted by molar-refractivity contribution is -0.161. The minimum atomic E-state index is -0.183. The molecule has 19 heavy (non-hydrogen) atoms. The van der Waals surface area contributed by atoms with E-state index in [2.05, 4.69) is 6.58 Å². The molecule has 0 heterocycles. The first-order chi connectivity index (χ1) is 9.11. The van der Waals surface area contributed by atoms with E-state index in [0.29, 0.717) is 5.57 Å². The Morgan fingerprint density at radius 3 is 2.47 bits per heavy atom. The molecule has 0 amide bonds. The molecule has 2 aliphatic rings. The van der Waals surface area contributed by atoms with E-state index in [-0.39, 0.29) is 11.6 Å². The maximum atomic E-state index is 11.9. The normalized spacial score (nSPS) is 32.4. The van der Waals surface area contributed by atoms with Crippen LogP contribution in [0.5, 0.6) is 0 Å². The number of carbonyl (C=O) groups excluding carboxylic acids is 1. The van der Waals surface area contributed by atoms with E-state index in [1.807, 2.05) is 0 Å². The Kier molecular flexibility index (Phi) is 5.06. The highest BCUT2D eigenvalue weighted by Gasteiger charge is 2.39. The molecule has 2 aliphatic carbocycles. The van der Waals surface area contributed by atoms with E-state index >= 15 is 0 Å². The molecular formula is C17H28O2. The third kappa shape index (κ3) is 4.09. The van der Waals surface area contributed by atoms with Crippen molar-refractivity contribution in [2.75, 3.05) is 0 Å². The molecule has 2 rings (SSSR count). The maximum absolute atomic E-state index is 11.9. The van der Waals surface area contributed by atoms with E-state index < -0.39 is 0 Å². The predicted octanol–water partition coefficient (Wildman–Crippen LogP) is 4.78. The van der Waals surface area contributed by atoms with E-state index in [4.69, 9.17) is 4.74 Å². The van der Waals surface area contributed by atoms with Gasteiger partial charge in [0.05, 0.1) is 0 Å². The van der Waals surface area contributed by atoms with Gasteiger partial charge in [-0.15, -0.1) is 0 Å². The summed E-state index contributed by atoms with van der Waals surface area (Å²) in [6.07, 6.45) is 13.7. The number of hydrogen-bond acceptors (Lipinski definition) is 2. The Hall–Kier alpha value is -0.790. The van der Waals surface area contributed by atoms with Crippen LogP contribution in [0.4, 0.5) is 0 Å². The van der Waals surface area contributed by atoms with Gasteiger partial charge in [-0.3, -0.25) is 0 Å². The van der Waals surface area contributed by atoms with E-state index in [0.717, 1.165) is 25.2 Å². The van der Waals surface area contributed by atoms with Gasteiger partial charge in [-0.2, -0.15) is 0 Å². The first-order valence-corrected chi connectivity index (χ1v) is 8.00. The third-order valence-corrected chi connectivity index (χ3v) is 4.81. The van der Waals surface area contributed by atoms with Crippen molar-refractivity contribution in [3.8, 4) is 0 Å². The Bertz CT molecular complexity index is 334. The van der Waals surface area contributed by atoms with Crippen LogP contribution in [0.3, 0.4) is 0 Å². The summed E-state index contributed by atoms with van der Waals surface area (Å²) in [5, 5.41) is 0. The number of rotatable bonds is 2. The van der Waals surface area contributed by atoms with Gasteiger partial charge < -0.3 is 4.74 Å². The molecule has 2 unspecified atom stereocenters. The fourth-order valence-electron chi connectivity index (χ4n) is 3.75.